The summed E-state index contributed by atoms with van der Waals surface area (Å²) >= 11 is 0. The predicted molar refractivity (Wildman–Crippen MR) is 98.9 cm³/mol. The number of rotatable bonds is 6. The second kappa shape index (κ2) is 7.03. The maximum absolute atomic E-state index is 12.6. The minimum atomic E-state index is -3.64. The van der Waals surface area contributed by atoms with Gasteiger partial charge in [-0.2, -0.15) is 0 Å². The molecule has 2 aromatic carbocycles. The van der Waals surface area contributed by atoms with Crippen molar-refractivity contribution >= 4 is 15.7 Å². The zero-order valence-electron chi connectivity index (χ0n) is 14.1. The highest BCUT2D eigenvalue weighted by Crippen LogP contribution is 2.28. The Morgan fingerprint density at radius 2 is 1.72 bits per heavy atom. The fourth-order valence-electron chi connectivity index (χ4n) is 2.49. The molecule has 0 aliphatic carbocycles. The van der Waals surface area contributed by atoms with Gasteiger partial charge in [-0.1, -0.05) is 17.7 Å². The van der Waals surface area contributed by atoms with Crippen LogP contribution in [-0.2, 0) is 10.0 Å². The maximum atomic E-state index is 12.6. The molecule has 3 aromatic rings. The Hall–Kier alpha value is -2.73. The number of anilines is 1. The van der Waals surface area contributed by atoms with Crippen LogP contribution < -0.4 is 9.46 Å². The van der Waals surface area contributed by atoms with Crippen LogP contribution in [0.1, 0.15) is 12.5 Å². The number of sulfonamides is 1. The van der Waals surface area contributed by atoms with E-state index in [0.717, 1.165) is 11.3 Å². The molecule has 1 heterocycles. The van der Waals surface area contributed by atoms with E-state index >= 15 is 0 Å². The third-order valence-electron chi connectivity index (χ3n) is 3.72. The molecule has 0 unspecified atom stereocenters. The van der Waals surface area contributed by atoms with Gasteiger partial charge < -0.3 is 9.30 Å². The van der Waals surface area contributed by atoms with Crippen LogP contribution in [0, 0.1) is 6.92 Å². The summed E-state index contributed by atoms with van der Waals surface area (Å²) in [5, 5.41) is 0. The molecule has 0 saturated carbocycles. The van der Waals surface area contributed by atoms with E-state index in [0.29, 0.717) is 18.0 Å². The van der Waals surface area contributed by atoms with E-state index in [1.165, 1.54) is 0 Å². The molecule has 0 atom stereocenters. The normalized spacial score (nSPS) is 11.3. The first kappa shape index (κ1) is 17.1. The number of benzene rings is 2. The molecule has 0 aliphatic heterocycles. The Kier molecular flexibility index (Phi) is 4.81. The van der Waals surface area contributed by atoms with Gasteiger partial charge >= 0.3 is 0 Å². The van der Waals surface area contributed by atoms with E-state index in [-0.39, 0.29) is 4.90 Å². The van der Waals surface area contributed by atoms with Crippen LogP contribution in [0.3, 0.4) is 0 Å². The zero-order valence-corrected chi connectivity index (χ0v) is 15.0. The fraction of sp³-hybridized carbons (Fsp3) is 0.158. The van der Waals surface area contributed by atoms with Gasteiger partial charge in [0.25, 0.3) is 10.0 Å². The van der Waals surface area contributed by atoms with E-state index in [9.17, 15) is 8.42 Å². The Balaban J connectivity index is 1.95. The van der Waals surface area contributed by atoms with Crippen LogP contribution in [0.4, 0.5) is 5.69 Å². The lowest BCUT2D eigenvalue weighted by Gasteiger charge is -2.14. The van der Waals surface area contributed by atoms with E-state index in [2.05, 4.69) is 4.72 Å². The van der Waals surface area contributed by atoms with Gasteiger partial charge in [0.05, 0.1) is 22.9 Å². The van der Waals surface area contributed by atoms with Gasteiger partial charge in [-0.25, -0.2) is 8.42 Å². The molecule has 3 rings (SSSR count). The first-order chi connectivity index (χ1) is 12.0. The molecule has 6 heteroatoms. The smallest absolute Gasteiger partial charge is 0.261 e. The third-order valence-corrected chi connectivity index (χ3v) is 5.12. The molecular formula is C19H20N2O3S. The Bertz CT molecular complexity index is 947. The Morgan fingerprint density at radius 1 is 1.04 bits per heavy atom. The van der Waals surface area contributed by atoms with Crippen molar-refractivity contribution in [3.05, 3.63) is 72.6 Å². The summed E-state index contributed by atoms with van der Waals surface area (Å²) in [7, 11) is -3.64. The maximum Gasteiger partial charge on any atom is 0.261 e. The quantitative estimate of drug-likeness (QED) is 0.726. The van der Waals surface area contributed by atoms with Gasteiger partial charge in [0.2, 0.25) is 0 Å². The van der Waals surface area contributed by atoms with Crippen molar-refractivity contribution in [2.45, 2.75) is 18.7 Å². The number of hydrogen-bond acceptors (Lipinski definition) is 3. The van der Waals surface area contributed by atoms with Crippen molar-refractivity contribution in [2.24, 2.45) is 0 Å². The first-order valence-corrected chi connectivity index (χ1v) is 9.47. The number of nitrogens with one attached hydrogen (secondary N) is 1. The largest absolute Gasteiger partial charge is 0.492 e. The molecule has 0 fully saturated rings. The first-order valence-electron chi connectivity index (χ1n) is 7.99. The van der Waals surface area contributed by atoms with Crippen molar-refractivity contribution in [3.8, 4) is 11.4 Å². The van der Waals surface area contributed by atoms with Crippen LogP contribution >= 0.6 is 0 Å². The fourth-order valence-corrected chi connectivity index (χ4v) is 3.54. The SMILES string of the molecule is CCOc1ccc(NS(=O)(=O)c2ccc(C)cc2)cc1-n1cccc1. The van der Waals surface area contributed by atoms with Gasteiger partial charge in [0, 0.05) is 12.4 Å². The summed E-state index contributed by atoms with van der Waals surface area (Å²) < 4.78 is 35.3. The number of nitrogens with zero attached hydrogens (tertiary/aromatic N) is 1. The van der Waals surface area contributed by atoms with Gasteiger partial charge in [-0.3, -0.25) is 4.72 Å². The monoisotopic (exact) mass is 356 g/mol. The standard InChI is InChI=1S/C19H20N2O3S/c1-3-24-19-11-8-16(14-18(19)21-12-4-5-13-21)20-25(22,23)17-9-6-15(2)7-10-17/h4-14,20H,3H2,1-2H3. The lowest BCUT2D eigenvalue weighted by atomic mass is 10.2. The van der Waals surface area contributed by atoms with Crippen molar-refractivity contribution in [3.63, 3.8) is 0 Å². The summed E-state index contributed by atoms with van der Waals surface area (Å²) in [6.45, 7) is 4.36. The molecule has 130 valence electrons. The number of aromatic nitrogens is 1. The van der Waals surface area contributed by atoms with Gasteiger partial charge in [-0.15, -0.1) is 0 Å². The summed E-state index contributed by atoms with van der Waals surface area (Å²) in [4.78, 5) is 0.231. The predicted octanol–water partition coefficient (Wildman–Crippen LogP) is 3.99. The van der Waals surface area contributed by atoms with E-state index < -0.39 is 10.0 Å². The minimum Gasteiger partial charge on any atom is -0.492 e. The van der Waals surface area contributed by atoms with Crippen molar-refractivity contribution in [2.75, 3.05) is 11.3 Å². The third kappa shape index (κ3) is 3.85. The van der Waals surface area contributed by atoms with Crippen LogP contribution in [0.25, 0.3) is 5.69 Å². The molecule has 0 radical (unpaired) electrons. The topological polar surface area (TPSA) is 60.3 Å². The van der Waals surface area contributed by atoms with Gasteiger partial charge in [0.1, 0.15) is 5.75 Å². The second-order valence-corrected chi connectivity index (χ2v) is 7.31. The van der Waals surface area contributed by atoms with Crippen LogP contribution in [0.15, 0.2) is 71.9 Å². The van der Waals surface area contributed by atoms with E-state index in [4.69, 9.17) is 4.74 Å². The molecule has 1 aromatic heterocycles. The number of hydrogen-bond donors (Lipinski definition) is 1. The van der Waals surface area contributed by atoms with Crippen molar-refractivity contribution in [1.29, 1.82) is 0 Å². The zero-order chi connectivity index (χ0) is 17.9. The highest BCUT2D eigenvalue weighted by atomic mass is 32.2. The van der Waals surface area contributed by atoms with E-state index in [1.54, 1.807) is 42.5 Å². The molecule has 0 amide bonds. The summed E-state index contributed by atoms with van der Waals surface area (Å²) in [5.41, 5.74) is 2.26. The summed E-state index contributed by atoms with van der Waals surface area (Å²) in [5.74, 6) is 0.692. The van der Waals surface area contributed by atoms with E-state index in [1.807, 2.05) is 42.9 Å². The lowest BCUT2D eigenvalue weighted by Crippen LogP contribution is -2.13. The Morgan fingerprint density at radius 3 is 2.36 bits per heavy atom. The van der Waals surface area contributed by atoms with Crippen molar-refractivity contribution < 1.29 is 13.2 Å². The second-order valence-electron chi connectivity index (χ2n) is 5.62. The highest BCUT2D eigenvalue weighted by Gasteiger charge is 2.15. The number of aryl methyl sites for hydroxylation is 1. The van der Waals surface area contributed by atoms with Crippen LogP contribution in [0.5, 0.6) is 5.75 Å². The molecule has 5 nitrogen and oxygen atoms in total. The highest BCUT2D eigenvalue weighted by molar-refractivity contribution is 7.92. The lowest BCUT2D eigenvalue weighted by molar-refractivity contribution is 0.339. The molecule has 0 aliphatic rings. The Labute approximate surface area is 147 Å². The van der Waals surface area contributed by atoms with Crippen LogP contribution in [0.2, 0.25) is 0 Å². The minimum absolute atomic E-state index is 0.231. The van der Waals surface area contributed by atoms with Gasteiger partial charge in [0.15, 0.2) is 0 Å². The summed E-state index contributed by atoms with van der Waals surface area (Å²) in [6, 6.07) is 15.8. The van der Waals surface area contributed by atoms with Crippen molar-refractivity contribution in [1.82, 2.24) is 4.57 Å². The average molecular weight is 356 g/mol. The molecule has 0 saturated heterocycles. The summed E-state index contributed by atoms with van der Waals surface area (Å²) in [6.07, 6.45) is 3.77. The molecule has 25 heavy (non-hydrogen) atoms. The van der Waals surface area contributed by atoms with Gasteiger partial charge in [-0.05, 0) is 56.3 Å². The molecule has 0 bridgehead atoms. The molecule has 1 N–H and O–H groups in total. The number of ether oxygens (including phenoxy) is 1. The average Bonchev–Trinajstić information content (AvgIpc) is 3.11. The molecular weight excluding hydrogens is 336 g/mol. The molecule has 0 spiro atoms. The van der Waals surface area contributed by atoms with Crippen LogP contribution in [-0.4, -0.2) is 19.6 Å².